The average Bonchev–Trinajstić information content (AvgIpc) is 2.92. The molecule has 3 aromatic rings. The highest BCUT2D eigenvalue weighted by Gasteiger charge is 2.20. The van der Waals surface area contributed by atoms with Crippen LogP contribution in [0.25, 0.3) is 10.9 Å². The highest BCUT2D eigenvalue weighted by Crippen LogP contribution is 2.24. The smallest absolute Gasteiger partial charge is 0.140 e. The molecule has 0 aliphatic carbocycles. The van der Waals surface area contributed by atoms with Gasteiger partial charge in [0.25, 0.3) is 0 Å². The zero-order valence-corrected chi connectivity index (χ0v) is 14.8. The van der Waals surface area contributed by atoms with Crippen LogP contribution in [0, 0.1) is 13.8 Å². The quantitative estimate of drug-likeness (QED) is 0.730. The van der Waals surface area contributed by atoms with E-state index in [4.69, 9.17) is 0 Å². The van der Waals surface area contributed by atoms with Gasteiger partial charge in [-0.05, 0) is 19.9 Å². The average molecular weight is 340 g/mol. The molecule has 1 fully saturated rings. The van der Waals surface area contributed by atoms with Crippen LogP contribution in [0.3, 0.4) is 0 Å². The second-order valence-corrected chi connectivity index (χ2v) is 7.39. The van der Waals surface area contributed by atoms with E-state index in [0.717, 1.165) is 55.1 Å². The molecule has 1 aliphatic heterocycles. The molecule has 0 radical (unpaired) electrons. The van der Waals surface area contributed by atoms with Crippen molar-refractivity contribution in [2.75, 3.05) is 31.1 Å². The second-order valence-electron chi connectivity index (χ2n) is 6.10. The van der Waals surface area contributed by atoms with E-state index in [-0.39, 0.29) is 0 Å². The number of aryl methyl sites for hydroxylation is 2. The Morgan fingerprint density at radius 3 is 2.71 bits per heavy atom. The van der Waals surface area contributed by atoms with E-state index in [0.29, 0.717) is 0 Å². The van der Waals surface area contributed by atoms with E-state index in [9.17, 15) is 0 Å². The van der Waals surface area contributed by atoms with Crippen molar-refractivity contribution in [3.63, 3.8) is 0 Å². The van der Waals surface area contributed by atoms with Gasteiger partial charge in [0.1, 0.15) is 17.2 Å². The van der Waals surface area contributed by atoms with Crippen molar-refractivity contribution < 1.29 is 0 Å². The number of anilines is 1. The minimum Gasteiger partial charge on any atom is -0.353 e. The SMILES string of the molecule is Cc1nc(CN2CCN(c3ncnc4cnccc34)CC2)sc1C. The van der Waals surface area contributed by atoms with Crippen LogP contribution in [0.15, 0.2) is 24.8 Å². The number of rotatable bonds is 3. The molecule has 0 aromatic carbocycles. The number of thiazole rings is 1. The first-order chi connectivity index (χ1) is 11.7. The van der Waals surface area contributed by atoms with Crippen LogP contribution < -0.4 is 4.90 Å². The molecule has 0 saturated carbocycles. The standard InChI is InChI=1S/C17H20N6S/c1-12-13(2)24-16(21-12)10-22-5-7-23(8-6-22)17-14-3-4-18-9-15(14)19-11-20-17/h3-4,9,11H,5-8,10H2,1-2H3. The first-order valence-corrected chi connectivity index (χ1v) is 8.97. The van der Waals surface area contributed by atoms with Gasteiger partial charge in [0.2, 0.25) is 0 Å². The molecule has 4 heterocycles. The summed E-state index contributed by atoms with van der Waals surface area (Å²) in [5.74, 6) is 1.02. The van der Waals surface area contributed by atoms with Crippen molar-refractivity contribution >= 4 is 28.1 Å². The molecule has 1 aliphatic rings. The van der Waals surface area contributed by atoms with Gasteiger partial charge in [0, 0.05) is 42.6 Å². The van der Waals surface area contributed by atoms with Crippen LogP contribution in [0.4, 0.5) is 5.82 Å². The Bertz CT molecular complexity index is 828. The van der Waals surface area contributed by atoms with Crippen LogP contribution in [0.2, 0.25) is 0 Å². The third-order valence-corrected chi connectivity index (χ3v) is 5.58. The normalized spacial score (nSPS) is 16.0. The van der Waals surface area contributed by atoms with Gasteiger partial charge in [-0.15, -0.1) is 11.3 Å². The number of piperazine rings is 1. The Morgan fingerprint density at radius 1 is 1.12 bits per heavy atom. The van der Waals surface area contributed by atoms with Crippen LogP contribution in [-0.4, -0.2) is 51.0 Å². The first-order valence-electron chi connectivity index (χ1n) is 8.15. The van der Waals surface area contributed by atoms with E-state index in [1.807, 2.05) is 17.4 Å². The predicted molar refractivity (Wildman–Crippen MR) is 96.4 cm³/mol. The number of nitrogens with zero attached hydrogens (tertiary/aromatic N) is 6. The van der Waals surface area contributed by atoms with Crippen LogP contribution in [0.5, 0.6) is 0 Å². The van der Waals surface area contributed by atoms with Crippen LogP contribution in [0.1, 0.15) is 15.6 Å². The number of pyridine rings is 1. The van der Waals surface area contributed by atoms with Crippen molar-refractivity contribution in [2.45, 2.75) is 20.4 Å². The Kier molecular flexibility index (Phi) is 4.12. The summed E-state index contributed by atoms with van der Waals surface area (Å²) < 4.78 is 0. The topological polar surface area (TPSA) is 58.0 Å². The molecule has 0 amide bonds. The maximum atomic E-state index is 4.66. The first kappa shape index (κ1) is 15.4. The lowest BCUT2D eigenvalue weighted by molar-refractivity contribution is 0.249. The minimum atomic E-state index is 0.902. The van der Waals surface area contributed by atoms with Crippen molar-refractivity contribution in [1.29, 1.82) is 0 Å². The third-order valence-electron chi connectivity index (χ3n) is 4.52. The molecule has 7 heteroatoms. The van der Waals surface area contributed by atoms with E-state index < -0.39 is 0 Å². The van der Waals surface area contributed by atoms with Crippen molar-refractivity contribution in [1.82, 2.24) is 24.8 Å². The van der Waals surface area contributed by atoms with Gasteiger partial charge in [-0.3, -0.25) is 9.88 Å². The van der Waals surface area contributed by atoms with Gasteiger partial charge < -0.3 is 4.90 Å². The molecule has 1 saturated heterocycles. The van der Waals surface area contributed by atoms with Gasteiger partial charge in [0.15, 0.2) is 0 Å². The summed E-state index contributed by atoms with van der Waals surface area (Å²) in [4.78, 5) is 23.8. The number of fused-ring (bicyclic) bond motifs is 1. The Hall–Kier alpha value is -2.12. The van der Waals surface area contributed by atoms with Crippen LogP contribution >= 0.6 is 11.3 Å². The lowest BCUT2D eigenvalue weighted by Gasteiger charge is -2.35. The molecule has 24 heavy (non-hydrogen) atoms. The van der Waals surface area contributed by atoms with Crippen LogP contribution in [-0.2, 0) is 6.54 Å². The van der Waals surface area contributed by atoms with Crippen molar-refractivity contribution in [3.05, 3.63) is 40.4 Å². The van der Waals surface area contributed by atoms with Gasteiger partial charge >= 0.3 is 0 Å². The fourth-order valence-corrected chi connectivity index (χ4v) is 4.04. The molecule has 124 valence electrons. The molecule has 0 N–H and O–H groups in total. The molecular weight excluding hydrogens is 320 g/mol. The zero-order chi connectivity index (χ0) is 16.5. The molecule has 4 rings (SSSR count). The highest BCUT2D eigenvalue weighted by molar-refractivity contribution is 7.11. The largest absolute Gasteiger partial charge is 0.353 e. The van der Waals surface area contributed by atoms with Gasteiger partial charge in [-0.2, -0.15) is 0 Å². The maximum Gasteiger partial charge on any atom is 0.140 e. The number of hydrogen-bond acceptors (Lipinski definition) is 7. The summed E-state index contributed by atoms with van der Waals surface area (Å²) in [5.41, 5.74) is 2.06. The number of aromatic nitrogens is 4. The fourth-order valence-electron chi connectivity index (χ4n) is 3.06. The summed E-state index contributed by atoms with van der Waals surface area (Å²) in [6.45, 7) is 9.16. The Balaban J connectivity index is 1.45. The molecule has 3 aromatic heterocycles. The Morgan fingerprint density at radius 2 is 1.96 bits per heavy atom. The predicted octanol–water partition coefficient (Wildman–Crippen LogP) is 2.42. The van der Waals surface area contributed by atoms with Gasteiger partial charge in [0.05, 0.1) is 24.0 Å². The lowest BCUT2D eigenvalue weighted by atomic mass is 10.2. The van der Waals surface area contributed by atoms with E-state index in [1.54, 1.807) is 18.7 Å². The third kappa shape index (κ3) is 2.97. The van der Waals surface area contributed by atoms with Crippen molar-refractivity contribution in [3.8, 4) is 0 Å². The summed E-state index contributed by atoms with van der Waals surface area (Å²) in [6, 6.07) is 2.00. The van der Waals surface area contributed by atoms with E-state index in [1.165, 1.54) is 9.88 Å². The van der Waals surface area contributed by atoms with Gasteiger partial charge in [-0.1, -0.05) is 0 Å². The molecule has 0 unspecified atom stereocenters. The van der Waals surface area contributed by atoms with Gasteiger partial charge in [-0.25, -0.2) is 15.0 Å². The molecular formula is C17H20N6S. The highest BCUT2D eigenvalue weighted by atomic mass is 32.1. The molecule has 0 spiro atoms. The summed E-state index contributed by atoms with van der Waals surface area (Å²) in [7, 11) is 0. The lowest BCUT2D eigenvalue weighted by Crippen LogP contribution is -2.46. The fraction of sp³-hybridized carbons (Fsp3) is 0.412. The second kappa shape index (κ2) is 6.41. The molecule has 0 atom stereocenters. The van der Waals surface area contributed by atoms with E-state index in [2.05, 4.69) is 43.6 Å². The monoisotopic (exact) mass is 340 g/mol. The summed E-state index contributed by atoms with van der Waals surface area (Å²) in [5, 5.41) is 2.30. The Labute approximate surface area is 145 Å². The molecule has 0 bridgehead atoms. The van der Waals surface area contributed by atoms with Crippen molar-refractivity contribution in [2.24, 2.45) is 0 Å². The van der Waals surface area contributed by atoms with E-state index >= 15 is 0 Å². The minimum absolute atomic E-state index is 0.902. The zero-order valence-electron chi connectivity index (χ0n) is 13.9. The summed E-state index contributed by atoms with van der Waals surface area (Å²) in [6.07, 6.45) is 5.23. The maximum absolute atomic E-state index is 4.66. The number of hydrogen-bond donors (Lipinski definition) is 0. The molecule has 6 nitrogen and oxygen atoms in total. The summed E-state index contributed by atoms with van der Waals surface area (Å²) >= 11 is 1.81.